The lowest BCUT2D eigenvalue weighted by Gasteiger charge is -1.80. The zero-order valence-corrected chi connectivity index (χ0v) is 9.23. The monoisotopic (exact) mass is 227 g/mol. The maximum absolute atomic E-state index is 5.39. The molecule has 0 saturated carbocycles. The van der Waals surface area contributed by atoms with Gasteiger partial charge in [0.15, 0.2) is 0 Å². The number of hydrogen-bond donors (Lipinski definition) is 1. The molecule has 0 aliphatic heterocycles. The van der Waals surface area contributed by atoms with Gasteiger partial charge in [0.1, 0.15) is 5.76 Å². The van der Waals surface area contributed by atoms with Crippen molar-refractivity contribution in [2.75, 3.05) is 0 Å². The summed E-state index contributed by atoms with van der Waals surface area (Å²) in [5, 5.41) is 1.98. The van der Waals surface area contributed by atoms with Crippen molar-refractivity contribution < 1.29 is 21.8 Å². The second kappa shape index (κ2) is 4.98. The Morgan fingerprint density at radius 2 is 1.93 bits per heavy atom. The van der Waals surface area contributed by atoms with Gasteiger partial charge >= 0.3 is 4.87 Å². The molecule has 1 aromatic heterocycles. The van der Waals surface area contributed by atoms with Crippen molar-refractivity contribution in [3.63, 3.8) is 0 Å². The lowest BCUT2D eigenvalue weighted by molar-refractivity contribution is -0.413. The van der Waals surface area contributed by atoms with Crippen LogP contribution in [0.4, 0.5) is 5.69 Å². The fraction of sp³-hybridized carbons (Fsp3) is 0.100. The summed E-state index contributed by atoms with van der Waals surface area (Å²) in [4.78, 5) is 4.00. The van der Waals surface area contributed by atoms with Crippen LogP contribution in [0.1, 0.15) is 5.76 Å². The average Bonchev–Trinajstić information content (AvgIpc) is 2.53. The van der Waals surface area contributed by atoms with Crippen molar-refractivity contribution in [2.45, 2.75) is 6.92 Å². The van der Waals surface area contributed by atoms with Crippen LogP contribution in [-0.2, 0) is 0 Å². The van der Waals surface area contributed by atoms with E-state index in [1.165, 1.54) is 0 Å². The third kappa shape index (κ3) is 2.72. The fourth-order valence-electron chi connectivity index (χ4n) is 1.03. The van der Waals surface area contributed by atoms with Crippen LogP contribution in [-0.4, -0.2) is 0 Å². The van der Waals surface area contributed by atoms with Crippen LogP contribution >= 0.6 is 11.3 Å². The summed E-state index contributed by atoms with van der Waals surface area (Å²) in [7, 11) is 0. The number of para-hydroxylation sites is 1. The van der Waals surface area contributed by atoms with Gasteiger partial charge in [-0.2, -0.15) is 4.99 Å². The Hall–Kier alpha value is -1.06. The summed E-state index contributed by atoms with van der Waals surface area (Å²) >= 11 is 1.57. The van der Waals surface area contributed by atoms with Crippen LogP contribution in [0, 0.1) is 6.92 Å². The van der Waals surface area contributed by atoms with Crippen LogP contribution in [0.2, 0.25) is 0 Å². The van der Waals surface area contributed by atoms with Gasteiger partial charge in [-0.25, -0.2) is 0 Å². The Bertz CT molecular complexity index is 446. The molecule has 4 heteroatoms. The van der Waals surface area contributed by atoms with Gasteiger partial charge in [-0.15, -0.1) is 0 Å². The standard InChI is InChI=1S/C10H9NOS.ClH/c1-8-7-13-10(12-8)11-9-5-3-2-4-6-9;/h2-7H,1H3;1H. The van der Waals surface area contributed by atoms with Crippen molar-refractivity contribution in [3.8, 4) is 0 Å². The van der Waals surface area contributed by atoms with Crippen molar-refractivity contribution in [3.05, 3.63) is 46.3 Å². The topological polar surface area (TPSA) is 27.1 Å². The molecule has 2 aromatic rings. The van der Waals surface area contributed by atoms with E-state index in [0.717, 1.165) is 16.3 Å². The first-order valence-corrected chi connectivity index (χ1v) is 4.93. The highest BCUT2D eigenvalue weighted by molar-refractivity contribution is 7.06. The van der Waals surface area contributed by atoms with Crippen molar-refractivity contribution in [2.24, 2.45) is 0 Å². The molecule has 1 N–H and O–H groups in total. The minimum atomic E-state index is 0. The minimum Gasteiger partial charge on any atom is -1.00 e. The van der Waals surface area contributed by atoms with Gasteiger partial charge in [0.05, 0.1) is 0 Å². The van der Waals surface area contributed by atoms with Crippen molar-refractivity contribution in [1.29, 1.82) is 0 Å². The summed E-state index contributed by atoms with van der Waals surface area (Å²) in [6.45, 7) is 1.94. The van der Waals surface area contributed by atoms with E-state index >= 15 is 0 Å². The van der Waals surface area contributed by atoms with Crippen LogP contribution in [0.3, 0.4) is 0 Å². The zero-order valence-electron chi connectivity index (χ0n) is 7.66. The molecule has 0 bridgehead atoms. The Labute approximate surface area is 92.3 Å². The molecule has 0 aliphatic rings. The highest BCUT2D eigenvalue weighted by atomic mass is 35.5. The maximum atomic E-state index is 5.39. The van der Waals surface area contributed by atoms with Gasteiger partial charge in [-0.3, -0.25) is 0 Å². The van der Waals surface area contributed by atoms with Gasteiger partial charge in [0, 0.05) is 17.5 Å². The smallest absolute Gasteiger partial charge is 0.434 e. The number of hydrogen-bond acceptors (Lipinski definition) is 2. The summed E-state index contributed by atoms with van der Waals surface area (Å²) in [5.41, 5.74) is 1.05. The first kappa shape index (κ1) is 11.0. The van der Waals surface area contributed by atoms with E-state index in [0.29, 0.717) is 0 Å². The molecule has 0 spiro atoms. The molecule has 74 valence electrons. The van der Waals surface area contributed by atoms with E-state index < -0.39 is 0 Å². The predicted octanol–water partition coefficient (Wildman–Crippen LogP) is -2.03. The fourth-order valence-corrected chi connectivity index (χ4v) is 1.70. The highest BCUT2D eigenvalue weighted by Gasteiger charge is 1.97. The number of rotatable bonds is 1. The summed E-state index contributed by atoms with van der Waals surface area (Å²) in [6.07, 6.45) is 0. The molecule has 1 heterocycles. The quantitative estimate of drug-likeness (QED) is 0.598. The molecule has 0 aliphatic carbocycles. The molecule has 0 fully saturated rings. The van der Waals surface area contributed by atoms with Gasteiger partial charge in [-0.1, -0.05) is 18.2 Å². The molecule has 0 amide bonds. The van der Waals surface area contributed by atoms with E-state index in [4.69, 9.17) is 4.42 Å². The Kier molecular flexibility index (Phi) is 3.92. The highest BCUT2D eigenvalue weighted by Crippen LogP contribution is 1.96. The van der Waals surface area contributed by atoms with E-state index in [9.17, 15) is 0 Å². The van der Waals surface area contributed by atoms with Crippen LogP contribution in [0.5, 0.6) is 0 Å². The van der Waals surface area contributed by atoms with E-state index in [1.807, 2.05) is 42.6 Å². The molecular formula is C10H10ClNOS. The Morgan fingerprint density at radius 1 is 1.21 bits per heavy atom. The third-order valence-electron chi connectivity index (χ3n) is 1.61. The number of aryl methyl sites for hydroxylation is 1. The summed E-state index contributed by atoms with van der Waals surface area (Å²) in [5.74, 6) is 0.934. The second-order valence-corrected chi connectivity index (χ2v) is 3.57. The number of benzene rings is 1. The number of halogens is 1. The minimum absolute atomic E-state index is 0. The number of nitrogens with one attached hydrogen (secondary N) is 1. The molecular weight excluding hydrogens is 218 g/mol. The van der Waals surface area contributed by atoms with Crippen LogP contribution < -0.4 is 22.3 Å². The lowest BCUT2D eigenvalue weighted by Crippen LogP contribution is -3.00. The largest absolute Gasteiger partial charge is 1.00 e. The Balaban J connectivity index is 0.000000980. The predicted molar refractivity (Wildman–Crippen MR) is 51.5 cm³/mol. The third-order valence-corrected chi connectivity index (χ3v) is 2.46. The summed E-state index contributed by atoms with van der Waals surface area (Å²) < 4.78 is 5.39. The molecule has 2 nitrogen and oxygen atoms in total. The molecule has 14 heavy (non-hydrogen) atoms. The lowest BCUT2D eigenvalue weighted by atomic mass is 10.3. The van der Waals surface area contributed by atoms with Gasteiger partial charge in [0.25, 0.3) is 0 Å². The molecule has 0 saturated heterocycles. The molecule has 0 atom stereocenters. The zero-order chi connectivity index (χ0) is 9.10. The normalized spacial score (nSPS) is 11.1. The molecule has 0 unspecified atom stereocenters. The van der Waals surface area contributed by atoms with Gasteiger partial charge in [0.2, 0.25) is 5.69 Å². The van der Waals surface area contributed by atoms with E-state index in [2.05, 4.69) is 4.99 Å². The second-order valence-electron chi connectivity index (χ2n) is 2.73. The SMILES string of the molecule is Cc1csc(=[NH+]c2ccccc2)o1.[Cl-]. The summed E-state index contributed by atoms with van der Waals surface area (Å²) in [6, 6.07) is 9.97. The van der Waals surface area contributed by atoms with E-state index in [1.54, 1.807) is 11.3 Å². The first-order valence-electron chi connectivity index (χ1n) is 4.05. The van der Waals surface area contributed by atoms with Crippen LogP contribution in [0.25, 0.3) is 0 Å². The van der Waals surface area contributed by atoms with Crippen LogP contribution in [0.15, 0.2) is 40.1 Å². The molecule has 0 radical (unpaired) electrons. The molecule has 1 aromatic carbocycles. The van der Waals surface area contributed by atoms with Crippen molar-refractivity contribution in [1.82, 2.24) is 0 Å². The molecule has 2 rings (SSSR count). The average molecular weight is 228 g/mol. The first-order chi connectivity index (χ1) is 6.34. The van der Waals surface area contributed by atoms with Gasteiger partial charge < -0.3 is 16.8 Å². The van der Waals surface area contributed by atoms with Gasteiger partial charge in [-0.05, 0) is 18.3 Å². The maximum Gasteiger partial charge on any atom is 0.434 e. The van der Waals surface area contributed by atoms with E-state index in [-0.39, 0.29) is 12.4 Å². The van der Waals surface area contributed by atoms with Crippen molar-refractivity contribution >= 4 is 17.0 Å². The Morgan fingerprint density at radius 3 is 2.50 bits per heavy atom.